The minimum Gasteiger partial charge on any atom is -0.507 e. The van der Waals surface area contributed by atoms with Crippen LogP contribution in [0.5, 0.6) is 0 Å². The van der Waals surface area contributed by atoms with Crippen molar-refractivity contribution in [2.24, 2.45) is 0 Å². The van der Waals surface area contributed by atoms with Gasteiger partial charge in [-0.1, -0.05) is 78.6 Å². The van der Waals surface area contributed by atoms with E-state index in [4.69, 9.17) is 4.74 Å². The fraction of sp³-hybridized carbons (Fsp3) is 0.609. The predicted molar refractivity (Wildman–Crippen MR) is 111 cm³/mol. The highest BCUT2D eigenvalue weighted by molar-refractivity contribution is 6.20. The number of esters is 1. The highest BCUT2D eigenvalue weighted by Gasteiger charge is 2.50. The summed E-state index contributed by atoms with van der Waals surface area (Å²) in [5.41, 5.74) is 1.39. The molecule has 0 radical (unpaired) electrons. The number of hydrogen-bond donors (Lipinski definition) is 1. The minimum atomic E-state index is -0.727. The van der Waals surface area contributed by atoms with Crippen LogP contribution in [0.25, 0.3) is 5.57 Å². The average molecular weight is 363 g/mol. The third-order valence-corrected chi connectivity index (χ3v) is 4.49. The Morgan fingerprint density at radius 2 is 1.50 bits per heavy atom. The number of ether oxygens (including phenoxy) is 1. The van der Waals surface area contributed by atoms with Crippen LogP contribution in [0.3, 0.4) is 0 Å². The molecule has 0 saturated heterocycles. The van der Waals surface area contributed by atoms with E-state index in [-0.39, 0.29) is 11.7 Å². The Bertz CT molecular complexity index is 565. The first-order valence-corrected chi connectivity index (χ1v) is 10.3. The lowest BCUT2D eigenvalue weighted by Gasteiger charge is -2.21. The number of hydrogen-bond acceptors (Lipinski definition) is 3. The zero-order valence-electron chi connectivity index (χ0n) is 17.8. The third-order valence-electron chi connectivity index (χ3n) is 4.49. The van der Waals surface area contributed by atoms with Gasteiger partial charge in [-0.15, -0.1) is 0 Å². The van der Waals surface area contributed by atoms with Crippen molar-refractivity contribution >= 4 is 11.5 Å². The number of aliphatic hydroxyl groups excluding tert-OH is 1. The van der Waals surface area contributed by atoms with Crippen molar-refractivity contribution in [2.75, 3.05) is 0 Å². The standard InChI is InChI=1S/C15H16O3.C4H10.2C2H6/c1-10-6-2-3-7-11(10)12-13(16)15(18-14(12)17)8-4-5-9-15;1-3-4-2;2*1-2/h2-3,6-7,16H,4-5,8-9H2,1H3;3-4H2,1-2H3;2*1-2H3. The quantitative estimate of drug-likeness (QED) is 0.576. The molecule has 26 heavy (non-hydrogen) atoms. The highest BCUT2D eigenvalue weighted by atomic mass is 16.6. The van der Waals surface area contributed by atoms with E-state index < -0.39 is 5.60 Å². The molecule has 1 fully saturated rings. The second kappa shape index (κ2) is 12.6. The van der Waals surface area contributed by atoms with Crippen molar-refractivity contribution < 1.29 is 14.6 Å². The molecule has 1 N–H and O–H groups in total. The Morgan fingerprint density at radius 1 is 1.00 bits per heavy atom. The summed E-state index contributed by atoms with van der Waals surface area (Å²) in [4.78, 5) is 12.1. The van der Waals surface area contributed by atoms with Gasteiger partial charge in [-0.2, -0.15) is 0 Å². The molecule has 1 aromatic carbocycles. The van der Waals surface area contributed by atoms with Gasteiger partial charge >= 0.3 is 5.97 Å². The summed E-state index contributed by atoms with van der Waals surface area (Å²) in [5.74, 6) is -0.247. The van der Waals surface area contributed by atoms with Crippen LogP contribution in [-0.4, -0.2) is 16.7 Å². The molecule has 3 nitrogen and oxygen atoms in total. The molecule has 2 aliphatic rings. The molecule has 148 valence electrons. The van der Waals surface area contributed by atoms with Gasteiger partial charge in [0, 0.05) is 0 Å². The molecule has 1 spiro atoms. The van der Waals surface area contributed by atoms with E-state index >= 15 is 0 Å². The molecule has 0 atom stereocenters. The lowest BCUT2D eigenvalue weighted by atomic mass is 9.94. The lowest BCUT2D eigenvalue weighted by Crippen LogP contribution is -2.27. The van der Waals surface area contributed by atoms with Gasteiger partial charge in [0.1, 0.15) is 5.57 Å². The molecule has 0 amide bonds. The molecule has 1 aliphatic heterocycles. The van der Waals surface area contributed by atoms with Crippen molar-refractivity contribution in [3.63, 3.8) is 0 Å². The monoisotopic (exact) mass is 362 g/mol. The van der Waals surface area contributed by atoms with Gasteiger partial charge in [-0.05, 0) is 43.7 Å². The normalized spacial score (nSPS) is 16.7. The van der Waals surface area contributed by atoms with E-state index in [1.807, 2.05) is 58.9 Å². The maximum absolute atomic E-state index is 12.1. The number of carbonyl (C=O) groups excluding carboxylic acids is 1. The summed E-state index contributed by atoms with van der Waals surface area (Å²) >= 11 is 0. The summed E-state index contributed by atoms with van der Waals surface area (Å²) in [5, 5.41) is 10.4. The van der Waals surface area contributed by atoms with Crippen LogP contribution < -0.4 is 0 Å². The molecule has 1 saturated carbocycles. The second-order valence-electron chi connectivity index (χ2n) is 6.13. The largest absolute Gasteiger partial charge is 0.507 e. The van der Waals surface area contributed by atoms with E-state index in [0.717, 1.165) is 36.8 Å². The van der Waals surface area contributed by atoms with Crippen LogP contribution in [0.15, 0.2) is 30.0 Å². The van der Waals surface area contributed by atoms with Crippen LogP contribution in [-0.2, 0) is 9.53 Å². The molecule has 3 rings (SSSR count). The number of aliphatic hydroxyl groups is 1. The molecule has 0 unspecified atom stereocenters. The van der Waals surface area contributed by atoms with Crippen molar-refractivity contribution in [1.82, 2.24) is 0 Å². The van der Waals surface area contributed by atoms with Gasteiger partial charge in [0.2, 0.25) is 0 Å². The highest BCUT2D eigenvalue weighted by Crippen LogP contribution is 2.46. The Kier molecular flexibility index (Phi) is 11.7. The molecule has 0 aromatic heterocycles. The number of carbonyl (C=O) groups is 1. The topological polar surface area (TPSA) is 46.5 Å². The fourth-order valence-corrected chi connectivity index (χ4v) is 2.98. The Morgan fingerprint density at radius 3 is 1.96 bits per heavy atom. The van der Waals surface area contributed by atoms with Crippen molar-refractivity contribution in [2.45, 2.75) is 92.6 Å². The summed E-state index contributed by atoms with van der Waals surface area (Å²) < 4.78 is 5.48. The molecule has 1 aliphatic carbocycles. The zero-order chi connectivity index (χ0) is 20.2. The first kappa shape index (κ1) is 24.2. The Hall–Kier alpha value is -1.77. The van der Waals surface area contributed by atoms with E-state index in [0.29, 0.717) is 5.57 Å². The minimum absolute atomic E-state index is 0.138. The summed E-state index contributed by atoms with van der Waals surface area (Å²) in [6.45, 7) is 14.3. The SMILES string of the molecule is CC.CC.CCCC.Cc1ccccc1C1=C(O)C2(CCCC2)OC1=O. The Labute approximate surface area is 160 Å². The molecule has 0 bridgehead atoms. The molecular formula is C23H38O3. The van der Waals surface area contributed by atoms with Gasteiger partial charge in [-0.25, -0.2) is 4.79 Å². The molecule has 3 heteroatoms. The number of aryl methyl sites for hydroxylation is 1. The Balaban J connectivity index is 0.000000680. The van der Waals surface area contributed by atoms with Gasteiger partial charge in [0.15, 0.2) is 11.4 Å². The smallest absolute Gasteiger partial charge is 0.343 e. The number of rotatable bonds is 2. The van der Waals surface area contributed by atoms with Crippen LogP contribution in [0.4, 0.5) is 0 Å². The van der Waals surface area contributed by atoms with Crippen LogP contribution in [0.2, 0.25) is 0 Å². The zero-order valence-corrected chi connectivity index (χ0v) is 17.8. The lowest BCUT2D eigenvalue weighted by molar-refractivity contribution is -0.146. The summed E-state index contributed by atoms with van der Waals surface area (Å²) in [6, 6.07) is 7.58. The van der Waals surface area contributed by atoms with E-state index in [1.165, 1.54) is 12.8 Å². The van der Waals surface area contributed by atoms with Crippen molar-refractivity contribution in [3.05, 3.63) is 41.2 Å². The molecule has 1 aromatic rings. The molecule has 1 heterocycles. The van der Waals surface area contributed by atoms with Gasteiger partial charge in [0.05, 0.1) is 0 Å². The van der Waals surface area contributed by atoms with E-state index in [1.54, 1.807) is 0 Å². The fourth-order valence-electron chi connectivity index (χ4n) is 2.98. The maximum Gasteiger partial charge on any atom is 0.343 e. The van der Waals surface area contributed by atoms with Gasteiger partial charge in [-0.3, -0.25) is 0 Å². The third kappa shape index (κ3) is 5.62. The molecular weight excluding hydrogens is 324 g/mol. The average Bonchev–Trinajstić information content (AvgIpc) is 3.25. The maximum atomic E-state index is 12.1. The van der Waals surface area contributed by atoms with Crippen LogP contribution in [0.1, 0.15) is 91.2 Å². The van der Waals surface area contributed by atoms with Gasteiger partial charge in [0.25, 0.3) is 0 Å². The second-order valence-corrected chi connectivity index (χ2v) is 6.13. The first-order valence-electron chi connectivity index (χ1n) is 10.3. The van der Waals surface area contributed by atoms with Crippen LogP contribution >= 0.6 is 0 Å². The summed E-state index contributed by atoms with van der Waals surface area (Å²) in [7, 11) is 0. The van der Waals surface area contributed by atoms with Crippen molar-refractivity contribution in [1.29, 1.82) is 0 Å². The first-order chi connectivity index (χ1) is 12.6. The van der Waals surface area contributed by atoms with Gasteiger partial charge < -0.3 is 9.84 Å². The van der Waals surface area contributed by atoms with E-state index in [9.17, 15) is 9.90 Å². The van der Waals surface area contributed by atoms with Crippen LogP contribution in [0, 0.1) is 6.92 Å². The predicted octanol–water partition coefficient (Wildman–Crippen LogP) is 6.99. The summed E-state index contributed by atoms with van der Waals surface area (Å²) in [6.07, 6.45) is 6.11. The number of benzene rings is 1. The van der Waals surface area contributed by atoms with E-state index in [2.05, 4.69) is 13.8 Å². The number of unbranched alkanes of at least 4 members (excludes halogenated alkanes) is 1. The van der Waals surface area contributed by atoms with Crippen molar-refractivity contribution in [3.8, 4) is 0 Å².